The summed E-state index contributed by atoms with van der Waals surface area (Å²) in [5, 5.41) is 31.1. The Morgan fingerprint density at radius 1 is 1.20 bits per heavy atom. The molecule has 4 N–H and O–H groups in total. The molecular weight excluding hydrogens is 562 g/mol. The summed E-state index contributed by atoms with van der Waals surface area (Å²) in [6, 6.07) is 6.97. The second-order valence-corrected chi connectivity index (χ2v) is 11.5. The number of cyclic esters (lactones) is 1. The van der Waals surface area contributed by atoms with Gasteiger partial charge in [0.25, 0.3) is 5.85 Å². The summed E-state index contributed by atoms with van der Waals surface area (Å²) in [6.07, 6.45) is 0.262. The number of carbonyl (C=O) groups is 1. The lowest BCUT2D eigenvalue weighted by Gasteiger charge is -2.25. The maximum atomic E-state index is 15.6. The van der Waals surface area contributed by atoms with E-state index in [1.165, 1.54) is 36.1 Å². The summed E-state index contributed by atoms with van der Waals surface area (Å²) in [5.41, 5.74) is 0.286. The average molecular weight is 595 g/mol. The molecule has 6 atom stereocenters. The van der Waals surface area contributed by atoms with E-state index in [0.29, 0.717) is 18.8 Å². The Morgan fingerprint density at radius 3 is 2.78 bits per heavy atom. The standard InChI is InChI=1S/C25H32FN6O8P/c1-16-24(34)37-12-8-3-2-7-11-27-22-23-28-13-18(32(23)30-15-29-22)21-25(26,35)20(33)19(39-21)14-38-41(36,31-16)40-17-9-5-4-6-10-17/h4-6,9-10,13,15-16,19-21,33,35H,2-3,7-8,11-12,14H2,1H3,(H,31,36)(H,27,29,30)/t16-,19-,20-,21+,25-,41?/m1/s1. The molecule has 6 bridgehead atoms. The molecule has 0 aliphatic carbocycles. The zero-order valence-electron chi connectivity index (χ0n) is 22.3. The molecule has 3 aromatic rings. The number of esters is 1. The minimum atomic E-state index is -4.33. The third-order valence-corrected chi connectivity index (χ3v) is 8.38. The predicted molar refractivity (Wildman–Crippen MR) is 142 cm³/mol. The van der Waals surface area contributed by atoms with Crippen LogP contribution in [0.2, 0.25) is 0 Å². The van der Waals surface area contributed by atoms with Gasteiger partial charge in [-0.1, -0.05) is 24.6 Å². The fourth-order valence-corrected chi connectivity index (χ4v) is 6.07. The molecule has 222 valence electrons. The van der Waals surface area contributed by atoms with Gasteiger partial charge in [-0.05, 0) is 38.3 Å². The molecule has 5 rings (SSSR count). The van der Waals surface area contributed by atoms with Crippen LogP contribution in [0, 0.1) is 0 Å². The van der Waals surface area contributed by atoms with Crippen LogP contribution in [-0.4, -0.2) is 79.6 Å². The van der Waals surface area contributed by atoms with Crippen molar-refractivity contribution in [1.29, 1.82) is 0 Å². The number of aliphatic hydroxyl groups is 2. The molecule has 1 fully saturated rings. The molecule has 0 amide bonds. The van der Waals surface area contributed by atoms with Crippen LogP contribution < -0.4 is 14.9 Å². The molecule has 2 aliphatic rings. The van der Waals surface area contributed by atoms with Gasteiger partial charge in [0.2, 0.25) is 0 Å². The molecule has 16 heteroatoms. The van der Waals surface area contributed by atoms with Gasteiger partial charge in [0.1, 0.15) is 30.3 Å². The monoisotopic (exact) mass is 594 g/mol. The first-order chi connectivity index (χ1) is 19.7. The molecule has 41 heavy (non-hydrogen) atoms. The molecule has 14 nitrogen and oxygen atoms in total. The van der Waals surface area contributed by atoms with E-state index in [0.717, 1.165) is 19.3 Å². The van der Waals surface area contributed by atoms with E-state index in [1.807, 2.05) is 0 Å². The summed E-state index contributed by atoms with van der Waals surface area (Å²) >= 11 is 0. The van der Waals surface area contributed by atoms with E-state index in [-0.39, 0.29) is 23.7 Å². The molecular formula is C25H32FN6O8P. The fraction of sp³-hybridized carbons (Fsp3) is 0.520. The molecule has 0 saturated carbocycles. The van der Waals surface area contributed by atoms with Gasteiger partial charge in [-0.25, -0.2) is 23.4 Å². The van der Waals surface area contributed by atoms with Gasteiger partial charge in [-0.15, -0.1) is 0 Å². The SMILES string of the molecule is C[C@H]1NP(=O)(Oc2ccccc2)OC[C@H]2O[C@@H](c3cnc4c(ncnn34)NCCCCCCOC1=O)[C@@](O)(F)[C@@H]2O. The maximum absolute atomic E-state index is 15.6. The zero-order chi connectivity index (χ0) is 29.0. The van der Waals surface area contributed by atoms with Crippen molar-refractivity contribution >= 4 is 25.2 Å². The average Bonchev–Trinajstić information content (AvgIpc) is 3.47. The lowest BCUT2D eigenvalue weighted by molar-refractivity contribution is -0.177. The Bertz CT molecular complexity index is 1390. The fourth-order valence-electron chi connectivity index (χ4n) is 4.56. The Hall–Kier alpha value is -3.20. The number of fused-ring (bicyclic) bond motifs is 3. The molecule has 1 saturated heterocycles. The van der Waals surface area contributed by atoms with Crippen LogP contribution in [0.25, 0.3) is 5.65 Å². The third kappa shape index (κ3) is 6.50. The largest absolute Gasteiger partial charge is 0.465 e. The van der Waals surface area contributed by atoms with Crippen LogP contribution in [0.15, 0.2) is 42.9 Å². The minimum Gasteiger partial charge on any atom is -0.465 e. The smallest absolute Gasteiger partial charge is 0.459 e. The normalized spacial score (nSPS) is 32.1. The van der Waals surface area contributed by atoms with E-state index < -0.39 is 50.5 Å². The maximum Gasteiger partial charge on any atom is 0.459 e. The number of anilines is 1. The molecule has 4 heterocycles. The van der Waals surface area contributed by atoms with Crippen LogP contribution in [0.5, 0.6) is 5.75 Å². The topological polar surface area (TPSA) is 179 Å². The van der Waals surface area contributed by atoms with Gasteiger partial charge in [0.05, 0.1) is 25.1 Å². The Morgan fingerprint density at radius 2 is 1.98 bits per heavy atom. The third-order valence-electron chi connectivity index (χ3n) is 6.74. The van der Waals surface area contributed by atoms with Gasteiger partial charge in [-0.2, -0.15) is 10.2 Å². The van der Waals surface area contributed by atoms with Gasteiger partial charge < -0.3 is 29.5 Å². The minimum absolute atomic E-state index is 0.0149. The van der Waals surface area contributed by atoms with Crippen molar-refractivity contribution in [3.8, 4) is 5.75 Å². The number of nitrogens with zero attached hydrogens (tertiary/aromatic N) is 4. The first-order valence-corrected chi connectivity index (χ1v) is 14.8. The highest BCUT2D eigenvalue weighted by Gasteiger charge is 2.58. The second-order valence-electron chi connectivity index (χ2n) is 9.81. The molecule has 2 aromatic heterocycles. The number of nitrogens with one attached hydrogen (secondary N) is 2. The highest BCUT2D eigenvalue weighted by atomic mass is 31.2. The number of alkyl halides is 1. The van der Waals surface area contributed by atoms with Crippen molar-refractivity contribution in [3.63, 3.8) is 0 Å². The van der Waals surface area contributed by atoms with Crippen LogP contribution >= 0.6 is 7.75 Å². The molecule has 1 aromatic carbocycles. The van der Waals surface area contributed by atoms with E-state index in [2.05, 4.69) is 25.5 Å². The summed E-state index contributed by atoms with van der Waals surface area (Å²) < 4.78 is 52.7. The number of hydrogen-bond acceptors (Lipinski definition) is 12. The number of aliphatic hydroxyl groups excluding tert-OH is 1. The number of rotatable bonds is 2. The quantitative estimate of drug-likeness (QED) is 0.251. The Balaban J connectivity index is 1.43. The van der Waals surface area contributed by atoms with E-state index >= 15 is 4.39 Å². The highest BCUT2D eigenvalue weighted by Crippen LogP contribution is 2.48. The summed E-state index contributed by atoms with van der Waals surface area (Å²) in [6.45, 7) is 1.49. The van der Waals surface area contributed by atoms with Crippen molar-refractivity contribution < 1.29 is 42.5 Å². The van der Waals surface area contributed by atoms with Crippen LogP contribution in [-0.2, 0) is 23.4 Å². The van der Waals surface area contributed by atoms with Gasteiger partial charge in [0, 0.05) is 6.54 Å². The number of hydrogen-bond donors (Lipinski definition) is 4. The molecule has 2 aliphatic heterocycles. The number of carbonyl (C=O) groups excluding carboxylic acids is 1. The number of halogens is 1. The van der Waals surface area contributed by atoms with E-state index in [1.54, 1.807) is 18.2 Å². The van der Waals surface area contributed by atoms with Crippen LogP contribution in [0.4, 0.5) is 10.2 Å². The number of para-hydroxylation sites is 1. The Kier molecular flexibility index (Phi) is 8.82. The lowest BCUT2D eigenvalue weighted by atomic mass is 10.0. The van der Waals surface area contributed by atoms with Crippen molar-refractivity contribution in [1.82, 2.24) is 24.7 Å². The van der Waals surface area contributed by atoms with Gasteiger partial charge in [0.15, 0.2) is 17.6 Å². The first kappa shape index (κ1) is 29.3. The second kappa shape index (κ2) is 12.3. The zero-order valence-corrected chi connectivity index (χ0v) is 23.2. The van der Waals surface area contributed by atoms with E-state index in [4.69, 9.17) is 18.5 Å². The van der Waals surface area contributed by atoms with E-state index in [9.17, 15) is 19.6 Å². The number of aromatic nitrogens is 4. The number of imidazole rings is 1. The molecule has 1 unspecified atom stereocenters. The highest BCUT2D eigenvalue weighted by molar-refractivity contribution is 7.52. The van der Waals surface area contributed by atoms with Gasteiger partial charge >= 0.3 is 13.7 Å². The summed E-state index contributed by atoms with van der Waals surface area (Å²) in [5.74, 6) is -3.40. The van der Waals surface area contributed by atoms with Crippen LogP contribution in [0.1, 0.15) is 44.4 Å². The predicted octanol–water partition coefficient (Wildman–Crippen LogP) is 2.29. The van der Waals surface area contributed by atoms with Crippen molar-refractivity contribution in [2.45, 2.75) is 62.8 Å². The number of benzene rings is 1. The lowest BCUT2D eigenvalue weighted by Crippen LogP contribution is -2.42. The molecule has 0 spiro atoms. The van der Waals surface area contributed by atoms with Gasteiger partial charge in [-0.3, -0.25) is 9.32 Å². The molecule has 0 radical (unpaired) electrons. The van der Waals surface area contributed by atoms with Crippen molar-refractivity contribution in [3.05, 3.63) is 48.5 Å². The van der Waals surface area contributed by atoms with Crippen molar-refractivity contribution in [2.24, 2.45) is 0 Å². The van der Waals surface area contributed by atoms with Crippen molar-refractivity contribution in [2.75, 3.05) is 25.1 Å². The summed E-state index contributed by atoms with van der Waals surface area (Å²) in [4.78, 5) is 21.1. The Labute approximate surface area is 234 Å². The number of ether oxygens (including phenoxy) is 2. The van der Waals surface area contributed by atoms with Crippen LogP contribution in [0.3, 0.4) is 0 Å². The summed E-state index contributed by atoms with van der Waals surface area (Å²) in [7, 11) is -4.33. The first-order valence-electron chi connectivity index (χ1n) is 13.3.